The van der Waals surface area contributed by atoms with Crippen LogP contribution in [0.2, 0.25) is 0 Å². The number of anilines is 1. The van der Waals surface area contributed by atoms with Crippen LogP contribution in [0.5, 0.6) is 0 Å². The van der Waals surface area contributed by atoms with Gasteiger partial charge in [0.25, 0.3) is 0 Å². The normalized spacial score (nSPS) is 11.1. The van der Waals surface area contributed by atoms with Crippen LogP contribution in [0.3, 0.4) is 0 Å². The monoisotopic (exact) mass is 213 g/mol. The third kappa shape index (κ3) is 1.78. The largest absolute Gasteiger partial charge is 0.371 e. The molecular formula is C15H19N. The first-order valence-electron chi connectivity index (χ1n) is 5.82. The van der Waals surface area contributed by atoms with Crippen molar-refractivity contribution in [1.82, 2.24) is 0 Å². The first-order valence-corrected chi connectivity index (χ1v) is 5.82. The summed E-state index contributed by atoms with van der Waals surface area (Å²) in [6.07, 6.45) is 0. The Balaban J connectivity index is 2.70. The van der Waals surface area contributed by atoms with Crippen LogP contribution >= 0.6 is 0 Å². The van der Waals surface area contributed by atoms with E-state index in [1.54, 1.807) is 0 Å². The van der Waals surface area contributed by atoms with Crippen LogP contribution in [0.15, 0.2) is 36.4 Å². The zero-order chi connectivity index (χ0) is 11.7. The molecule has 0 atom stereocenters. The van der Waals surface area contributed by atoms with Gasteiger partial charge in [0.2, 0.25) is 0 Å². The molecule has 0 spiro atoms. The van der Waals surface area contributed by atoms with Gasteiger partial charge in [0.05, 0.1) is 0 Å². The molecular weight excluding hydrogens is 194 g/mol. The van der Waals surface area contributed by atoms with E-state index in [9.17, 15) is 0 Å². The smallest absolute Gasteiger partial charge is 0.0475 e. The number of hydrogen-bond acceptors (Lipinski definition) is 1. The van der Waals surface area contributed by atoms with Crippen molar-refractivity contribution in [2.75, 3.05) is 11.9 Å². The van der Waals surface area contributed by atoms with Crippen molar-refractivity contribution in [3.63, 3.8) is 0 Å². The van der Waals surface area contributed by atoms with Crippen molar-refractivity contribution in [3.8, 4) is 0 Å². The van der Waals surface area contributed by atoms with Crippen LogP contribution in [-0.2, 0) is 0 Å². The summed E-state index contributed by atoms with van der Waals surface area (Å²) in [7, 11) is 2.17. The van der Waals surface area contributed by atoms with Gasteiger partial charge in [0.15, 0.2) is 0 Å². The highest BCUT2D eigenvalue weighted by Gasteiger charge is 2.11. The highest BCUT2D eigenvalue weighted by Crippen LogP contribution is 2.30. The van der Waals surface area contributed by atoms with Gasteiger partial charge in [0.1, 0.15) is 0 Å². The minimum Gasteiger partial charge on any atom is -0.371 e. The summed E-state index contributed by atoms with van der Waals surface area (Å²) in [5.41, 5.74) is 2.70. The van der Waals surface area contributed by atoms with Crippen LogP contribution in [0.4, 0.5) is 5.69 Å². The van der Waals surface area contributed by atoms with Gasteiger partial charge in [-0.05, 0) is 31.7 Å². The van der Waals surface area contributed by atoms with Crippen molar-refractivity contribution in [2.24, 2.45) is 0 Å². The predicted octanol–water partition coefficient (Wildman–Crippen LogP) is 3.99. The van der Waals surface area contributed by atoms with E-state index in [-0.39, 0.29) is 0 Å². The van der Waals surface area contributed by atoms with Crippen molar-refractivity contribution in [3.05, 3.63) is 42.0 Å². The molecule has 0 saturated heterocycles. The maximum absolute atomic E-state index is 2.34. The Morgan fingerprint density at radius 1 is 1.00 bits per heavy atom. The number of hydrogen-bond donors (Lipinski definition) is 0. The van der Waals surface area contributed by atoms with E-state index >= 15 is 0 Å². The highest BCUT2D eigenvalue weighted by atomic mass is 15.1. The fourth-order valence-electron chi connectivity index (χ4n) is 2.09. The van der Waals surface area contributed by atoms with Gasteiger partial charge in [-0.15, -0.1) is 0 Å². The Hall–Kier alpha value is -1.50. The lowest BCUT2D eigenvalue weighted by molar-refractivity contribution is 0.755. The molecule has 0 fully saturated rings. The molecule has 0 N–H and O–H groups in total. The molecule has 16 heavy (non-hydrogen) atoms. The quantitative estimate of drug-likeness (QED) is 0.729. The molecule has 0 saturated carbocycles. The third-order valence-corrected chi connectivity index (χ3v) is 3.23. The molecule has 2 aromatic rings. The predicted molar refractivity (Wildman–Crippen MR) is 72.2 cm³/mol. The van der Waals surface area contributed by atoms with Gasteiger partial charge in [-0.2, -0.15) is 0 Å². The van der Waals surface area contributed by atoms with E-state index < -0.39 is 0 Å². The van der Waals surface area contributed by atoms with E-state index in [2.05, 4.69) is 69.1 Å². The molecule has 0 aliphatic carbocycles. The van der Waals surface area contributed by atoms with Crippen molar-refractivity contribution in [1.29, 1.82) is 0 Å². The van der Waals surface area contributed by atoms with Gasteiger partial charge in [0, 0.05) is 24.2 Å². The molecule has 0 aliphatic rings. The van der Waals surface area contributed by atoms with Crippen LogP contribution in [0.25, 0.3) is 10.8 Å². The second kappa shape index (κ2) is 4.17. The lowest BCUT2D eigenvalue weighted by atomic mass is 10.0. The van der Waals surface area contributed by atoms with E-state index in [0.29, 0.717) is 6.04 Å². The molecule has 0 bridgehead atoms. The molecule has 0 radical (unpaired) electrons. The molecule has 0 aromatic heterocycles. The average molecular weight is 213 g/mol. The molecule has 0 unspecified atom stereocenters. The number of nitrogens with zero attached hydrogens (tertiary/aromatic N) is 1. The van der Waals surface area contributed by atoms with Gasteiger partial charge >= 0.3 is 0 Å². The molecule has 0 aliphatic heterocycles. The standard InChI is InChI=1S/C15H19N/c1-11(2)16(4)15-12(3)9-10-13-7-5-6-8-14(13)15/h5-11H,1-4H3. The Kier molecular flexibility index (Phi) is 2.86. The summed E-state index contributed by atoms with van der Waals surface area (Å²) in [5, 5.41) is 2.66. The van der Waals surface area contributed by atoms with Gasteiger partial charge < -0.3 is 4.90 Å². The number of rotatable bonds is 2. The van der Waals surface area contributed by atoms with Crippen LogP contribution < -0.4 is 4.90 Å². The summed E-state index contributed by atoms with van der Waals surface area (Å²) in [6, 6.07) is 13.5. The van der Waals surface area contributed by atoms with Gasteiger partial charge in [-0.25, -0.2) is 0 Å². The first kappa shape index (κ1) is 11.0. The number of aryl methyl sites for hydroxylation is 1. The molecule has 2 rings (SSSR count). The van der Waals surface area contributed by atoms with Gasteiger partial charge in [-0.1, -0.05) is 36.4 Å². The minimum absolute atomic E-state index is 0.518. The topological polar surface area (TPSA) is 3.24 Å². The minimum atomic E-state index is 0.518. The van der Waals surface area contributed by atoms with Gasteiger partial charge in [-0.3, -0.25) is 0 Å². The molecule has 2 aromatic carbocycles. The average Bonchev–Trinajstić information content (AvgIpc) is 2.28. The van der Waals surface area contributed by atoms with Crippen LogP contribution in [-0.4, -0.2) is 13.1 Å². The van der Waals surface area contributed by atoms with E-state index in [0.717, 1.165) is 0 Å². The van der Waals surface area contributed by atoms with Crippen LogP contribution in [0.1, 0.15) is 19.4 Å². The molecule has 1 heteroatoms. The fourth-order valence-corrected chi connectivity index (χ4v) is 2.09. The lowest BCUT2D eigenvalue weighted by Gasteiger charge is -2.27. The number of benzene rings is 2. The molecule has 0 amide bonds. The first-order chi connectivity index (χ1) is 7.61. The van der Waals surface area contributed by atoms with E-state index in [4.69, 9.17) is 0 Å². The van der Waals surface area contributed by atoms with Crippen LogP contribution in [0, 0.1) is 6.92 Å². The Labute approximate surface area is 97.7 Å². The molecule has 84 valence electrons. The van der Waals surface area contributed by atoms with Crippen molar-refractivity contribution >= 4 is 16.5 Å². The van der Waals surface area contributed by atoms with E-state index in [1.165, 1.54) is 22.0 Å². The summed E-state index contributed by atoms with van der Waals surface area (Å²) in [6.45, 7) is 6.63. The maximum Gasteiger partial charge on any atom is 0.0475 e. The summed E-state index contributed by atoms with van der Waals surface area (Å²) in [5.74, 6) is 0. The maximum atomic E-state index is 2.34. The summed E-state index contributed by atoms with van der Waals surface area (Å²) in [4.78, 5) is 2.34. The Morgan fingerprint density at radius 2 is 1.69 bits per heavy atom. The summed E-state index contributed by atoms with van der Waals surface area (Å²) >= 11 is 0. The highest BCUT2D eigenvalue weighted by molar-refractivity contribution is 5.95. The zero-order valence-electron chi connectivity index (χ0n) is 10.5. The number of fused-ring (bicyclic) bond motifs is 1. The fraction of sp³-hybridized carbons (Fsp3) is 0.333. The SMILES string of the molecule is Cc1ccc2ccccc2c1N(C)C(C)C. The van der Waals surface area contributed by atoms with Crippen molar-refractivity contribution < 1.29 is 0 Å². The second-order valence-corrected chi connectivity index (χ2v) is 4.66. The third-order valence-electron chi connectivity index (χ3n) is 3.23. The Morgan fingerprint density at radius 3 is 2.38 bits per heavy atom. The lowest BCUT2D eigenvalue weighted by Crippen LogP contribution is -2.26. The second-order valence-electron chi connectivity index (χ2n) is 4.66. The molecule has 0 heterocycles. The Bertz CT molecular complexity index is 500. The van der Waals surface area contributed by atoms with E-state index in [1.807, 2.05) is 0 Å². The molecule has 1 nitrogen and oxygen atoms in total. The summed E-state index contributed by atoms with van der Waals surface area (Å²) < 4.78 is 0. The van der Waals surface area contributed by atoms with Crippen molar-refractivity contribution in [2.45, 2.75) is 26.8 Å². The zero-order valence-corrected chi connectivity index (χ0v) is 10.5.